The fraction of sp³-hybridized carbons (Fsp3) is 0.273. The second kappa shape index (κ2) is 7.98. The summed E-state index contributed by atoms with van der Waals surface area (Å²) in [4.78, 5) is 23.4. The molecule has 0 saturated heterocycles. The van der Waals surface area contributed by atoms with Gasteiger partial charge in [-0.15, -0.1) is 0 Å². The molecule has 1 atom stereocenters. The third-order valence-corrected chi connectivity index (χ3v) is 4.82. The van der Waals surface area contributed by atoms with E-state index in [1.165, 1.54) is 0 Å². The Morgan fingerprint density at radius 1 is 1.17 bits per heavy atom. The first kappa shape index (κ1) is 21.0. The molecular weight excluding hydrogens is 392 g/mol. The molecule has 3 rings (SSSR count). The van der Waals surface area contributed by atoms with Crippen LogP contribution in [0.25, 0.3) is 6.08 Å². The summed E-state index contributed by atoms with van der Waals surface area (Å²) in [6.45, 7) is 5.67. The first-order chi connectivity index (χ1) is 14.2. The van der Waals surface area contributed by atoms with Crippen LogP contribution in [0.1, 0.15) is 42.3 Å². The average Bonchev–Trinajstić information content (AvgIpc) is 2.67. The van der Waals surface area contributed by atoms with Gasteiger partial charge in [-0.05, 0) is 44.5 Å². The van der Waals surface area contributed by atoms with Gasteiger partial charge in [0.25, 0.3) is 6.47 Å². The zero-order valence-corrected chi connectivity index (χ0v) is 16.7. The minimum atomic E-state index is -0.912. The number of phenols is 3. The predicted octanol–water partition coefficient (Wildman–Crippen LogP) is 3.31. The summed E-state index contributed by atoms with van der Waals surface area (Å²) < 4.78 is 16.7. The Kier molecular flexibility index (Phi) is 5.60. The molecule has 1 heterocycles. The Hall–Kier alpha value is -3.68. The lowest BCUT2D eigenvalue weighted by atomic mass is 9.89. The van der Waals surface area contributed by atoms with E-state index in [4.69, 9.17) is 14.2 Å². The quantitative estimate of drug-likeness (QED) is 0.387. The molecule has 0 aromatic heterocycles. The van der Waals surface area contributed by atoms with Crippen molar-refractivity contribution in [1.82, 2.24) is 0 Å². The molecule has 0 radical (unpaired) electrons. The Morgan fingerprint density at radius 2 is 1.83 bits per heavy atom. The van der Waals surface area contributed by atoms with Crippen LogP contribution < -0.4 is 9.47 Å². The van der Waals surface area contributed by atoms with Crippen LogP contribution in [-0.4, -0.2) is 39.5 Å². The maximum absolute atomic E-state index is 12.6. The summed E-state index contributed by atoms with van der Waals surface area (Å²) in [5.74, 6) is -1.91. The predicted molar refractivity (Wildman–Crippen MR) is 107 cm³/mol. The number of benzene rings is 2. The monoisotopic (exact) mass is 414 g/mol. The fourth-order valence-corrected chi connectivity index (χ4v) is 3.24. The number of hydrogen-bond donors (Lipinski definition) is 3. The van der Waals surface area contributed by atoms with Crippen molar-refractivity contribution in [3.63, 3.8) is 0 Å². The second-order valence-corrected chi connectivity index (χ2v) is 7.38. The number of phenolic OH excluding ortho intramolecular Hbond substituents is 3. The van der Waals surface area contributed by atoms with E-state index in [1.807, 2.05) is 6.92 Å². The zero-order chi connectivity index (χ0) is 22.1. The summed E-state index contributed by atoms with van der Waals surface area (Å²) in [5.41, 5.74) is 0.401. The van der Waals surface area contributed by atoms with Gasteiger partial charge in [0.05, 0.1) is 5.56 Å². The van der Waals surface area contributed by atoms with Crippen molar-refractivity contribution in [2.75, 3.05) is 0 Å². The molecule has 0 bridgehead atoms. The Bertz CT molecular complexity index is 999. The normalized spacial score (nSPS) is 17.1. The highest BCUT2D eigenvalue weighted by atomic mass is 16.6. The molecule has 0 aliphatic carbocycles. The lowest BCUT2D eigenvalue weighted by molar-refractivity contribution is -0.120. The third-order valence-electron chi connectivity index (χ3n) is 4.82. The lowest BCUT2D eigenvalue weighted by Gasteiger charge is -2.39. The molecule has 1 aliphatic heterocycles. The summed E-state index contributed by atoms with van der Waals surface area (Å²) in [5, 5.41) is 28.7. The van der Waals surface area contributed by atoms with Crippen LogP contribution in [0.4, 0.5) is 0 Å². The van der Waals surface area contributed by atoms with E-state index in [0.29, 0.717) is 30.0 Å². The molecule has 158 valence electrons. The molecular formula is C22H22O8. The summed E-state index contributed by atoms with van der Waals surface area (Å²) in [7, 11) is 0. The number of aromatic hydroxyl groups is 3. The van der Waals surface area contributed by atoms with Crippen LogP contribution in [0.3, 0.4) is 0 Å². The SMILES string of the molecule is C/C=C\c1cc2c(cc1OC=O)OC(C)(C)[C@@H](OC(=O)c1cc(O)c(O)c(O)c1)C2. The standard InChI is InChI=1S/C22H22O8/c1-4-5-12-6-13-9-19(22(2,3)30-18(13)10-17(12)28-11-23)29-21(27)14-7-15(24)20(26)16(25)8-14/h4-8,10-11,19,24-26H,9H2,1-3H3/b5-4-/t19-/m0/s1. The molecule has 0 amide bonds. The third kappa shape index (κ3) is 4.03. The van der Waals surface area contributed by atoms with Crippen LogP contribution >= 0.6 is 0 Å². The van der Waals surface area contributed by atoms with Crippen molar-refractivity contribution < 1.29 is 39.1 Å². The molecule has 2 aromatic carbocycles. The zero-order valence-electron chi connectivity index (χ0n) is 16.7. The Labute approximate surface area is 172 Å². The van der Waals surface area contributed by atoms with E-state index in [1.54, 1.807) is 38.1 Å². The number of carbonyl (C=O) groups is 2. The summed E-state index contributed by atoms with van der Waals surface area (Å²) >= 11 is 0. The first-order valence-electron chi connectivity index (χ1n) is 9.21. The lowest BCUT2D eigenvalue weighted by Crippen LogP contribution is -2.48. The van der Waals surface area contributed by atoms with E-state index in [9.17, 15) is 24.9 Å². The summed E-state index contributed by atoms with van der Waals surface area (Å²) in [6, 6.07) is 5.43. The van der Waals surface area contributed by atoms with Gasteiger partial charge in [0, 0.05) is 18.1 Å². The van der Waals surface area contributed by atoms with Gasteiger partial charge >= 0.3 is 5.97 Å². The van der Waals surface area contributed by atoms with Crippen molar-refractivity contribution in [2.24, 2.45) is 0 Å². The molecule has 8 nitrogen and oxygen atoms in total. The maximum Gasteiger partial charge on any atom is 0.338 e. The molecule has 1 aliphatic rings. The smallest absolute Gasteiger partial charge is 0.338 e. The van der Waals surface area contributed by atoms with E-state index in [0.717, 1.165) is 17.7 Å². The van der Waals surface area contributed by atoms with Crippen LogP contribution in [0.2, 0.25) is 0 Å². The highest BCUT2D eigenvalue weighted by Gasteiger charge is 2.40. The maximum atomic E-state index is 12.6. The Morgan fingerprint density at radius 3 is 2.43 bits per heavy atom. The highest BCUT2D eigenvalue weighted by Crippen LogP contribution is 2.40. The van der Waals surface area contributed by atoms with E-state index >= 15 is 0 Å². The summed E-state index contributed by atoms with van der Waals surface area (Å²) in [6.07, 6.45) is 3.22. The minimum absolute atomic E-state index is 0.117. The second-order valence-electron chi connectivity index (χ2n) is 7.38. The molecule has 0 fully saturated rings. The first-order valence-corrected chi connectivity index (χ1v) is 9.21. The van der Waals surface area contributed by atoms with Gasteiger partial charge < -0.3 is 29.5 Å². The van der Waals surface area contributed by atoms with Gasteiger partial charge in [-0.2, -0.15) is 0 Å². The van der Waals surface area contributed by atoms with Gasteiger partial charge in [-0.3, -0.25) is 4.79 Å². The van der Waals surface area contributed by atoms with E-state index in [2.05, 4.69) is 0 Å². The van der Waals surface area contributed by atoms with Gasteiger partial charge in [0.1, 0.15) is 23.2 Å². The van der Waals surface area contributed by atoms with Crippen LogP contribution in [-0.2, 0) is 16.0 Å². The molecule has 0 saturated carbocycles. The van der Waals surface area contributed by atoms with Crippen LogP contribution in [0.15, 0.2) is 30.3 Å². The number of esters is 1. The minimum Gasteiger partial charge on any atom is -0.504 e. The average molecular weight is 414 g/mol. The van der Waals surface area contributed by atoms with E-state index < -0.39 is 34.9 Å². The Balaban J connectivity index is 1.90. The van der Waals surface area contributed by atoms with Crippen LogP contribution in [0, 0.1) is 0 Å². The van der Waals surface area contributed by atoms with Crippen molar-refractivity contribution in [2.45, 2.75) is 38.9 Å². The van der Waals surface area contributed by atoms with Crippen molar-refractivity contribution in [3.8, 4) is 28.7 Å². The molecule has 30 heavy (non-hydrogen) atoms. The number of carbonyl (C=O) groups excluding carboxylic acids is 2. The largest absolute Gasteiger partial charge is 0.504 e. The van der Waals surface area contributed by atoms with Crippen molar-refractivity contribution >= 4 is 18.5 Å². The number of rotatable bonds is 5. The molecule has 8 heteroatoms. The number of allylic oxidation sites excluding steroid dienone is 1. The fourth-order valence-electron chi connectivity index (χ4n) is 3.24. The molecule has 2 aromatic rings. The van der Waals surface area contributed by atoms with Crippen molar-refractivity contribution in [1.29, 1.82) is 0 Å². The molecule has 0 spiro atoms. The van der Waals surface area contributed by atoms with Crippen LogP contribution in [0.5, 0.6) is 28.7 Å². The number of fused-ring (bicyclic) bond motifs is 1. The van der Waals surface area contributed by atoms with Gasteiger partial charge in [0.15, 0.2) is 17.2 Å². The van der Waals surface area contributed by atoms with Gasteiger partial charge in [-0.25, -0.2) is 4.79 Å². The molecule has 0 unspecified atom stereocenters. The highest BCUT2D eigenvalue weighted by molar-refractivity contribution is 5.91. The molecule has 3 N–H and O–H groups in total. The number of hydrogen-bond acceptors (Lipinski definition) is 8. The van der Waals surface area contributed by atoms with Gasteiger partial charge in [0.2, 0.25) is 0 Å². The van der Waals surface area contributed by atoms with E-state index in [-0.39, 0.29) is 5.56 Å². The topological polar surface area (TPSA) is 123 Å². The van der Waals surface area contributed by atoms with Gasteiger partial charge in [-0.1, -0.05) is 12.2 Å². The number of ether oxygens (including phenoxy) is 3. The van der Waals surface area contributed by atoms with Crippen molar-refractivity contribution in [3.05, 3.63) is 47.0 Å².